The number of carbonyl (C=O) groups is 2. The van der Waals surface area contributed by atoms with Crippen LogP contribution in [0.4, 0.5) is 17.1 Å². The summed E-state index contributed by atoms with van der Waals surface area (Å²) in [4.78, 5) is 26.1. The van der Waals surface area contributed by atoms with Crippen molar-refractivity contribution >= 4 is 29.0 Å². The predicted octanol–water partition coefficient (Wildman–Crippen LogP) is 9.62. The molecule has 0 saturated carbocycles. The van der Waals surface area contributed by atoms with E-state index in [1.54, 1.807) is 12.1 Å². The van der Waals surface area contributed by atoms with E-state index >= 15 is 0 Å². The second-order valence-electron chi connectivity index (χ2n) is 11.6. The molecule has 222 valence electrons. The van der Waals surface area contributed by atoms with Crippen molar-refractivity contribution in [1.82, 2.24) is 0 Å². The van der Waals surface area contributed by atoms with E-state index in [-0.39, 0.29) is 16.9 Å². The van der Waals surface area contributed by atoms with Crippen molar-refractivity contribution < 1.29 is 19.1 Å². The summed E-state index contributed by atoms with van der Waals surface area (Å²) in [6.45, 7) is 13.6. The number of benzene rings is 5. The fourth-order valence-electron chi connectivity index (χ4n) is 5.95. The maximum Gasteiger partial charge on any atom is 0.335 e. The van der Waals surface area contributed by atoms with Gasteiger partial charge in [0.15, 0.2) is 0 Å². The van der Waals surface area contributed by atoms with E-state index in [1.165, 1.54) is 33.9 Å². The van der Waals surface area contributed by atoms with Gasteiger partial charge in [-0.15, -0.1) is 0 Å². The van der Waals surface area contributed by atoms with Crippen LogP contribution < -0.4 is 14.4 Å². The second kappa shape index (κ2) is 11.8. The van der Waals surface area contributed by atoms with Crippen molar-refractivity contribution in [2.75, 3.05) is 4.90 Å². The highest BCUT2D eigenvalue weighted by Gasteiger charge is 2.35. The molecule has 0 saturated heterocycles. The lowest BCUT2D eigenvalue weighted by Gasteiger charge is -2.28. The third-order valence-corrected chi connectivity index (χ3v) is 8.23. The number of carbonyl (C=O) groups excluding carboxylic acids is 2. The number of hydrogen-bond acceptors (Lipinski definition) is 5. The van der Waals surface area contributed by atoms with Gasteiger partial charge in [-0.05, 0) is 88.8 Å². The van der Waals surface area contributed by atoms with E-state index in [0.29, 0.717) is 5.56 Å². The summed E-state index contributed by atoms with van der Waals surface area (Å²) in [5, 5.41) is 0. The minimum absolute atomic E-state index is 0.127. The zero-order valence-corrected chi connectivity index (χ0v) is 25.5. The molecule has 5 aromatic carbocycles. The van der Waals surface area contributed by atoms with E-state index < -0.39 is 11.9 Å². The molecule has 0 radical (unpaired) electrons. The first-order valence-corrected chi connectivity index (χ1v) is 14.7. The van der Waals surface area contributed by atoms with E-state index in [9.17, 15) is 9.59 Å². The van der Waals surface area contributed by atoms with Crippen LogP contribution in [0.5, 0.6) is 11.5 Å². The zero-order valence-electron chi connectivity index (χ0n) is 25.5. The molecule has 0 heterocycles. The van der Waals surface area contributed by atoms with Gasteiger partial charge in [0.05, 0.1) is 0 Å². The van der Waals surface area contributed by atoms with Gasteiger partial charge >= 0.3 is 11.9 Å². The average molecular weight is 592 g/mol. The van der Waals surface area contributed by atoms with Gasteiger partial charge in [-0.3, -0.25) is 0 Å². The number of anilines is 3. The van der Waals surface area contributed by atoms with Gasteiger partial charge in [-0.25, -0.2) is 9.59 Å². The fraction of sp³-hybridized carbons (Fsp3) is 0.100. The van der Waals surface area contributed by atoms with Gasteiger partial charge in [-0.1, -0.05) is 87.2 Å². The molecule has 0 amide bonds. The number of aryl methyl sites for hydroxylation is 1. The van der Waals surface area contributed by atoms with Crippen LogP contribution in [0.3, 0.4) is 0 Å². The maximum atomic E-state index is 11.9. The third kappa shape index (κ3) is 5.68. The van der Waals surface area contributed by atoms with E-state index in [0.717, 1.165) is 34.8 Å². The molecule has 0 aliphatic heterocycles. The van der Waals surface area contributed by atoms with Gasteiger partial charge < -0.3 is 14.4 Å². The van der Waals surface area contributed by atoms with E-state index in [4.69, 9.17) is 9.47 Å². The highest BCUT2D eigenvalue weighted by Crippen LogP contribution is 2.50. The summed E-state index contributed by atoms with van der Waals surface area (Å²) in [5.41, 5.74) is 10.9. The van der Waals surface area contributed by atoms with Crippen molar-refractivity contribution in [1.29, 1.82) is 0 Å². The Labute approximate surface area is 263 Å². The smallest absolute Gasteiger partial charge is 0.335 e. The number of fused-ring (bicyclic) bond motifs is 3. The van der Waals surface area contributed by atoms with Gasteiger partial charge in [0.25, 0.3) is 0 Å². The SMILES string of the molecule is C=CC(=O)Oc1cc(OC(=O)C=C)cc(-c2ccc(N(c3ccc(C)cc3)c3ccc4c(c3)C(C)(C)c3ccccc3-4)cc2)c1. The van der Waals surface area contributed by atoms with Crippen molar-refractivity contribution in [2.24, 2.45) is 0 Å². The highest BCUT2D eigenvalue weighted by atomic mass is 16.5. The second-order valence-corrected chi connectivity index (χ2v) is 11.6. The van der Waals surface area contributed by atoms with Crippen LogP contribution >= 0.6 is 0 Å². The molecule has 0 N–H and O–H groups in total. The van der Waals surface area contributed by atoms with Crippen LogP contribution in [-0.4, -0.2) is 11.9 Å². The largest absolute Gasteiger partial charge is 0.423 e. The molecule has 5 nitrogen and oxygen atoms in total. The van der Waals surface area contributed by atoms with Gasteiger partial charge in [-0.2, -0.15) is 0 Å². The molecule has 5 aromatic rings. The number of hydrogen-bond donors (Lipinski definition) is 0. The normalized spacial score (nSPS) is 12.4. The molecule has 5 heteroatoms. The third-order valence-electron chi connectivity index (χ3n) is 8.23. The van der Waals surface area contributed by atoms with Gasteiger partial charge in [0, 0.05) is 40.7 Å². The minimum atomic E-state index is -0.613. The molecule has 0 fully saturated rings. The molecule has 0 unspecified atom stereocenters. The Kier molecular flexibility index (Phi) is 7.69. The Hall–Kier alpha value is -5.68. The first-order chi connectivity index (χ1) is 21.7. The molecule has 1 aliphatic carbocycles. The molecule has 0 aromatic heterocycles. The van der Waals surface area contributed by atoms with Crippen LogP contribution in [0.25, 0.3) is 22.3 Å². The van der Waals surface area contributed by atoms with Crippen LogP contribution in [0.1, 0.15) is 30.5 Å². The number of ether oxygens (including phenoxy) is 2. The van der Waals surface area contributed by atoms with Crippen molar-refractivity contribution in [2.45, 2.75) is 26.2 Å². The maximum absolute atomic E-state index is 11.9. The average Bonchev–Trinajstić information content (AvgIpc) is 3.28. The first-order valence-electron chi connectivity index (χ1n) is 14.7. The molecule has 6 rings (SSSR count). The van der Waals surface area contributed by atoms with Crippen LogP contribution in [0.15, 0.2) is 135 Å². The quantitative estimate of drug-likeness (QED) is 0.102. The summed E-state index contributed by atoms with van der Waals surface area (Å²) in [6, 6.07) is 36.9. The number of esters is 2. The Morgan fingerprint density at radius 2 is 1.16 bits per heavy atom. The van der Waals surface area contributed by atoms with Crippen molar-refractivity contribution in [3.63, 3.8) is 0 Å². The lowest BCUT2D eigenvalue weighted by atomic mass is 9.82. The lowest BCUT2D eigenvalue weighted by molar-refractivity contribution is -0.129. The Morgan fingerprint density at radius 3 is 1.76 bits per heavy atom. The molecule has 0 atom stereocenters. The van der Waals surface area contributed by atoms with Crippen LogP contribution in [0.2, 0.25) is 0 Å². The van der Waals surface area contributed by atoms with Gasteiger partial charge in [0.2, 0.25) is 0 Å². The highest BCUT2D eigenvalue weighted by molar-refractivity contribution is 5.87. The standard InChI is InChI=1S/C40H33NO4/c1-6-38(42)44-32-22-28(23-33(25-32)45-39(43)7-2)27-14-18-30(19-15-27)41(29-16-12-26(3)13-17-29)31-20-21-35-34-10-8-9-11-36(34)40(4,5)37(35)24-31/h6-25H,1-2H2,3-5H3. The fourth-order valence-corrected chi connectivity index (χ4v) is 5.95. The van der Waals surface area contributed by atoms with Crippen molar-refractivity contribution in [3.8, 4) is 33.8 Å². The number of rotatable bonds is 8. The minimum Gasteiger partial charge on any atom is -0.423 e. The molecular formula is C40H33NO4. The lowest BCUT2D eigenvalue weighted by Crippen LogP contribution is -2.16. The summed E-state index contributed by atoms with van der Waals surface area (Å²) < 4.78 is 10.7. The Balaban J connectivity index is 1.42. The van der Waals surface area contributed by atoms with Crippen molar-refractivity contribution in [3.05, 3.63) is 151 Å². The number of nitrogens with zero attached hydrogens (tertiary/aromatic N) is 1. The molecule has 0 bridgehead atoms. The van der Waals surface area contributed by atoms with E-state index in [1.807, 2.05) is 12.1 Å². The molecular weight excluding hydrogens is 558 g/mol. The molecule has 45 heavy (non-hydrogen) atoms. The Bertz CT molecular complexity index is 1910. The van der Waals surface area contributed by atoms with Crippen LogP contribution in [0, 0.1) is 6.92 Å². The predicted molar refractivity (Wildman–Crippen MR) is 181 cm³/mol. The monoisotopic (exact) mass is 591 g/mol. The van der Waals surface area contributed by atoms with E-state index in [2.05, 4.69) is 118 Å². The zero-order chi connectivity index (χ0) is 31.7. The summed E-state index contributed by atoms with van der Waals surface area (Å²) >= 11 is 0. The molecule has 1 aliphatic rings. The topological polar surface area (TPSA) is 55.8 Å². The summed E-state index contributed by atoms with van der Waals surface area (Å²) in [7, 11) is 0. The van der Waals surface area contributed by atoms with Gasteiger partial charge in [0.1, 0.15) is 11.5 Å². The molecule has 0 spiro atoms. The van der Waals surface area contributed by atoms with Crippen LogP contribution in [-0.2, 0) is 15.0 Å². The Morgan fingerprint density at radius 1 is 0.622 bits per heavy atom. The summed E-state index contributed by atoms with van der Waals surface area (Å²) in [5.74, 6) is -0.761. The summed E-state index contributed by atoms with van der Waals surface area (Å²) in [6.07, 6.45) is 2.16. The first kappa shape index (κ1) is 29.4.